The van der Waals surface area contributed by atoms with Gasteiger partial charge in [-0.15, -0.1) is 0 Å². The van der Waals surface area contributed by atoms with Crippen LogP contribution in [-0.4, -0.2) is 107 Å². The molecule has 0 spiro atoms. The number of hydrogen-bond acceptors (Lipinski definition) is 9. The number of likely N-dealkylation sites (tertiary alicyclic amines) is 2. The van der Waals surface area contributed by atoms with Crippen molar-refractivity contribution in [3.63, 3.8) is 0 Å². The Hall–Kier alpha value is -5.69. The van der Waals surface area contributed by atoms with Gasteiger partial charge in [-0.25, -0.2) is 0 Å². The summed E-state index contributed by atoms with van der Waals surface area (Å²) in [6.45, 7) is 5.73. The highest BCUT2D eigenvalue weighted by molar-refractivity contribution is 6.24. The summed E-state index contributed by atoms with van der Waals surface area (Å²) in [5.41, 5.74) is 3.36. The average molecular weight is 817 g/mol. The van der Waals surface area contributed by atoms with Crippen molar-refractivity contribution in [2.24, 2.45) is 5.92 Å². The van der Waals surface area contributed by atoms with E-state index in [0.29, 0.717) is 30.7 Å². The summed E-state index contributed by atoms with van der Waals surface area (Å²) in [4.78, 5) is 85.4. The lowest BCUT2D eigenvalue weighted by atomic mass is 9.88. The van der Waals surface area contributed by atoms with E-state index >= 15 is 0 Å². The lowest BCUT2D eigenvalue weighted by Gasteiger charge is -2.33. The fourth-order valence-electron chi connectivity index (χ4n) is 8.87. The number of carbonyl (C=O) groups excluding carboxylic acids is 6. The summed E-state index contributed by atoms with van der Waals surface area (Å²) in [6, 6.07) is 16.0. The summed E-state index contributed by atoms with van der Waals surface area (Å²) >= 11 is 0. The topological polar surface area (TPSA) is 158 Å². The first-order chi connectivity index (χ1) is 29.2. The van der Waals surface area contributed by atoms with Gasteiger partial charge in [0, 0.05) is 50.1 Å². The minimum Gasteiger partial charge on any atom is -0.493 e. The molecule has 2 aromatic carbocycles. The molecule has 2 N–H and O–H groups in total. The van der Waals surface area contributed by atoms with Gasteiger partial charge in [0.1, 0.15) is 11.8 Å². The summed E-state index contributed by atoms with van der Waals surface area (Å²) in [5.74, 6) is -0.659. The summed E-state index contributed by atoms with van der Waals surface area (Å²) in [7, 11) is 0. The van der Waals surface area contributed by atoms with Crippen molar-refractivity contribution in [2.45, 2.75) is 89.0 Å². The van der Waals surface area contributed by atoms with Crippen LogP contribution >= 0.6 is 0 Å². The van der Waals surface area contributed by atoms with Crippen LogP contribution in [-0.2, 0) is 14.4 Å². The smallest absolute Gasteiger partial charge is 0.266 e. The molecule has 0 saturated carbocycles. The molecule has 3 aromatic rings. The lowest BCUT2D eigenvalue weighted by Crippen LogP contribution is -2.54. The van der Waals surface area contributed by atoms with Crippen LogP contribution in [0.2, 0.25) is 0 Å². The molecule has 1 unspecified atom stereocenters. The number of pyridine rings is 1. The molecular weight excluding hydrogens is 761 g/mol. The molecule has 3 fully saturated rings. The van der Waals surface area contributed by atoms with E-state index in [9.17, 15) is 28.8 Å². The molecule has 5 heterocycles. The molecule has 0 radical (unpaired) electrons. The Morgan fingerprint density at radius 3 is 2.38 bits per heavy atom. The molecule has 3 saturated heterocycles. The lowest BCUT2D eigenvalue weighted by molar-refractivity contribution is -0.136. The largest absolute Gasteiger partial charge is 0.493 e. The number of aromatic nitrogens is 1. The predicted octanol–water partition coefficient (Wildman–Crippen LogP) is 5.76. The number of piperidine rings is 3. The van der Waals surface area contributed by atoms with Gasteiger partial charge in [0.05, 0.1) is 17.7 Å². The molecule has 4 aliphatic heterocycles. The number of fused-ring (bicyclic) bond motifs is 1. The zero-order chi connectivity index (χ0) is 41.8. The van der Waals surface area contributed by atoms with Crippen molar-refractivity contribution >= 4 is 41.5 Å². The van der Waals surface area contributed by atoms with Gasteiger partial charge < -0.3 is 19.9 Å². The van der Waals surface area contributed by atoms with Crippen molar-refractivity contribution in [1.82, 2.24) is 30.3 Å². The SMILES string of the molecule is O=C(/C=C/c1cccnc1)NCCCCC1CCN(C(=O)c2ccc(C3CCN(CCCCCOc4cccc5c4C(=O)N(C4CCC(=O)NC4=O)C5=O)CC3)cc2)CC1. The Morgan fingerprint density at radius 2 is 1.63 bits per heavy atom. The normalized spacial score (nSPS) is 19.2. The Labute approximate surface area is 351 Å². The number of amides is 6. The maximum Gasteiger partial charge on any atom is 0.266 e. The van der Waals surface area contributed by atoms with Gasteiger partial charge in [-0.2, -0.15) is 0 Å². The third-order valence-corrected chi connectivity index (χ3v) is 12.4. The van der Waals surface area contributed by atoms with Crippen molar-refractivity contribution in [3.8, 4) is 5.75 Å². The van der Waals surface area contributed by atoms with E-state index in [0.717, 1.165) is 113 Å². The van der Waals surface area contributed by atoms with Gasteiger partial charge in [-0.3, -0.25) is 44.0 Å². The van der Waals surface area contributed by atoms with Crippen LogP contribution in [0.4, 0.5) is 0 Å². The Morgan fingerprint density at radius 1 is 0.833 bits per heavy atom. The Balaban J connectivity index is 0.745. The van der Waals surface area contributed by atoms with Crippen LogP contribution in [0.5, 0.6) is 5.75 Å². The van der Waals surface area contributed by atoms with Crippen molar-refractivity contribution in [3.05, 3.63) is 101 Å². The molecule has 60 heavy (non-hydrogen) atoms. The number of hydrogen-bond donors (Lipinski definition) is 2. The van der Waals surface area contributed by atoms with E-state index in [4.69, 9.17) is 4.74 Å². The molecule has 13 nitrogen and oxygen atoms in total. The van der Waals surface area contributed by atoms with Crippen molar-refractivity contribution in [1.29, 1.82) is 0 Å². The molecule has 316 valence electrons. The summed E-state index contributed by atoms with van der Waals surface area (Å²) < 4.78 is 6.00. The van der Waals surface area contributed by atoms with E-state index in [2.05, 4.69) is 32.7 Å². The van der Waals surface area contributed by atoms with Crippen LogP contribution in [0.1, 0.15) is 125 Å². The molecule has 1 atom stereocenters. The highest BCUT2D eigenvalue weighted by Crippen LogP contribution is 2.34. The molecular formula is C47H56N6O7. The second-order valence-electron chi connectivity index (χ2n) is 16.4. The van der Waals surface area contributed by atoms with Crippen LogP contribution in [0.3, 0.4) is 0 Å². The minimum absolute atomic E-state index is 0.0749. The molecule has 7 rings (SSSR count). The Kier molecular flexibility index (Phi) is 14.5. The highest BCUT2D eigenvalue weighted by Gasteiger charge is 2.46. The standard InChI is InChI=1S/C47H56N6O7/c54-41(18-12-34-9-7-24-48-32-34)49-25-3-2-8-33-20-29-52(30-21-33)45(57)37-15-13-35(14-16-37)36-22-27-51(28-23-36)26-4-1-5-31-60-40-11-6-10-38-43(40)47(59)53(46(38)58)39-17-19-42(55)50-44(39)56/h6-7,9-16,18,24,32-33,36,39H,1-5,8,17,19-23,25-31H2,(H,49,54)(H,50,55,56)/b18-12+. The first kappa shape index (κ1) is 42.4. The van der Waals surface area contributed by atoms with E-state index < -0.39 is 29.7 Å². The van der Waals surface area contributed by atoms with E-state index in [1.165, 1.54) is 5.56 Å². The van der Waals surface area contributed by atoms with E-state index in [1.807, 2.05) is 29.2 Å². The number of rotatable bonds is 17. The maximum atomic E-state index is 13.4. The predicted molar refractivity (Wildman–Crippen MR) is 226 cm³/mol. The first-order valence-corrected chi connectivity index (χ1v) is 21.7. The monoisotopic (exact) mass is 816 g/mol. The number of carbonyl (C=O) groups is 6. The molecule has 1 aromatic heterocycles. The third-order valence-electron chi connectivity index (χ3n) is 12.4. The van der Waals surface area contributed by atoms with Gasteiger partial charge >= 0.3 is 0 Å². The second-order valence-corrected chi connectivity index (χ2v) is 16.4. The molecule has 4 aliphatic rings. The number of ether oxygens (including phenoxy) is 1. The fraction of sp³-hybridized carbons (Fsp3) is 0.468. The number of benzene rings is 2. The van der Waals surface area contributed by atoms with Crippen LogP contribution in [0.25, 0.3) is 6.08 Å². The van der Waals surface area contributed by atoms with Gasteiger partial charge in [0.25, 0.3) is 17.7 Å². The van der Waals surface area contributed by atoms with Gasteiger partial charge in [-0.05, 0) is 137 Å². The van der Waals surface area contributed by atoms with Crippen molar-refractivity contribution in [2.75, 3.05) is 45.9 Å². The van der Waals surface area contributed by atoms with E-state index in [1.54, 1.807) is 42.7 Å². The molecule has 0 bridgehead atoms. The second kappa shape index (κ2) is 20.5. The number of nitrogens with one attached hydrogen (secondary N) is 2. The van der Waals surface area contributed by atoms with Crippen LogP contribution in [0.15, 0.2) is 73.1 Å². The van der Waals surface area contributed by atoms with Crippen molar-refractivity contribution < 1.29 is 33.5 Å². The third kappa shape index (κ3) is 10.7. The minimum atomic E-state index is -1.01. The van der Waals surface area contributed by atoms with Gasteiger partial charge in [-0.1, -0.05) is 37.1 Å². The Bertz CT molecular complexity index is 2040. The number of imide groups is 2. The summed E-state index contributed by atoms with van der Waals surface area (Å²) in [6.07, 6.45) is 17.1. The number of nitrogens with zero attached hydrogens (tertiary/aromatic N) is 4. The first-order valence-electron chi connectivity index (χ1n) is 21.7. The van der Waals surface area contributed by atoms with Gasteiger partial charge in [0.2, 0.25) is 17.7 Å². The zero-order valence-corrected chi connectivity index (χ0v) is 34.3. The highest BCUT2D eigenvalue weighted by atomic mass is 16.5. The molecule has 13 heteroatoms. The summed E-state index contributed by atoms with van der Waals surface area (Å²) in [5, 5.41) is 5.18. The average Bonchev–Trinajstić information content (AvgIpc) is 3.53. The maximum absolute atomic E-state index is 13.4. The van der Waals surface area contributed by atoms with Gasteiger partial charge in [0.15, 0.2) is 0 Å². The molecule has 0 aliphatic carbocycles. The van der Waals surface area contributed by atoms with E-state index in [-0.39, 0.29) is 35.8 Å². The quantitative estimate of drug-likeness (QED) is 0.0982. The molecule has 6 amide bonds. The van der Waals surface area contributed by atoms with Crippen LogP contribution < -0.4 is 15.4 Å². The zero-order valence-electron chi connectivity index (χ0n) is 34.3. The van der Waals surface area contributed by atoms with Crippen LogP contribution in [0, 0.1) is 5.92 Å². The number of unbranched alkanes of at least 4 members (excludes halogenated alkanes) is 3. The fourth-order valence-corrected chi connectivity index (χ4v) is 8.87.